The first-order valence-electron chi connectivity index (χ1n) is 7.68. The van der Waals surface area contributed by atoms with Crippen LogP contribution in [0.2, 0.25) is 0 Å². The van der Waals surface area contributed by atoms with Crippen molar-refractivity contribution < 1.29 is 19.7 Å². The van der Waals surface area contributed by atoms with Crippen molar-refractivity contribution in [3.8, 4) is 0 Å². The minimum atomic E-state index is -1.09. The van der Waals surface area contributed by atoms with Gasteiger partial charge < -0.3 is 24.8 Å². The molecule has 25 heavy (non-hydrogen) atoms. The fourth-order valence-electron chi connectivity index (χ4n) is 2.60. The Balaban J connectivity index is 2.61. The van der Waals surface area contributed by atoms with Crippen molar-refractivity contribution in [2.24, 2.45) is 14.1 Å². The highest BCUT2D eigenvalue weighted by Gasteiger charge is 2.21. The third-order valence-corrected chi connectivity index (χ3v) is 3.96. The molecule has 2 rings (SSSR count). The average Bonchev–Trinajstić information content (AvgIpc) is 3.00. The number of methoxy groups -OCH3 is 1. The lowest BCUT2D eigenvalue weighted by molar-refractivity contribution is 0.0795. The average molecular weight is 354 g/mol. The van der Waals surface area contributed by atoms with Gasteiger partial charge in [-0.25, -0.2) is 4.79 Å². The second-order valence-electron chi connectivity index (χ2n) is 5.66. The normalized spacial score (nSPS) is 12.5. The second-order valence-corrected chi connectivity index (χ2v) is 5.66. The topological polar surface area (TPSA) is 128 Å². The van der Waals surface area contributed by atoms with E-state index in [0.29, 0.717) is 5.65 Å². The van der Waals surface area contributed by atoms with Crippen molar-refractivity contribution >= 4 is 16.9 Å². The van der Waals surface area contributed by atoms with Gasteiger partial charge in [0.25, 0.3) is 11.5 Å². The van der Waals surface area contributed by atoms with E-state index in [0.717, 1.165) is 4.57 Å². The zero-order chi connectivity index (χ0) is 18.7. The second kappa shape index (κ2) is 7.64. The van der Waals surface area contributed by atoms with Crippen LogP contribution in [0.5, 0.6) is 0 Å². The van der Waals surface area contributed by atoms with Crippen LogP contribution >= 0.6 is 0 Å². The molecule has 0 spiro atoms. The summed E-state index contributed by atoms with van der Waals surface area (Å²) in [4.78, 5) is 37.0. The number of nitrogens with one attached hydrogen (secondary N) is 1. The number of aromatic nitrogens is 3. The Kier molecular flexibility index (Phi) is 5.77. The van der Waals surface area contributed by atoms with E-state index in [1.54, 1.807) is 0 Å². The van der Waals surface area contributed by atoms with Crippen molar-refractivity contribution in [2.75, 3.05) is 26.9 Å². The number of hydrogen-bond donors (Lipinski definition) is 3. The van der Waals surface area contributed by atoms with Gasteiger partial charge in [0.15, 0.2) is 0 Å². The molecule has 0 unspecified atom stereocenters. The molecule has 3 N–H and O–H groups in total. The number of ether oxygens (including phenoxy) is 1. The van der Waals surface area contributed by atoms with E-state index in [9.17, 15) is 19.5 Å². The van der Waals surface area contributed by atoms with Gasteiger partial charge >= 0.3 is 5.69 Å². The van der Waals surface area contributed by atoms with Crippen LogP contribution in [0.3, 0.4) is 0 Å². The van der Waals surface area contributed by atoms with Gasteiger partial charge in [-0.2, -0.15) is 0 Å². The number of aliphatic hydroxyl groups is 2. The molecule has 2 aromatic heterocycles. The first kappa shape index (κ1) is 18.9. The van der Waals surface area contributed by atoms with Gasteiger partial charge in [0.1, 0.15) is 11.3 Å². The Bertz CT molecular complexity index is 894. The molecule has 0 aliphatic heterocycles. The molecular formula is C15H22N4O6. The highest BCUT2D eigenvalue weighted by molar-refractivity contribution is 5.97. The van der Waals surface area contributed by atoms with E-state index in [2.05, 4.69) is 5.32 Å². The summed E-state index contributed by atoms with van der Waals surface area (Å²) in [7, 11) is 4.39. The van der Waals surface area contributed by atoms with Crippen molar-refractivity contribution in [1.82, 2.24) is 19.0 Å². The minimum absolute atomic E-state index is 0.141. The summed E-state index contributed by atoms with van der Waals surface area (Å²) in [5.74, 6) is -0.533. The fraction of sp³-hybridized carbons (Fsp3) is 0.533. The van der Waals surface area contributed by atoms with Gasteiger partial charge in [0.2, 0.25) is 0 Å². The molecule has 0 aromatic carbocycles. The monoisotopic (exact) mass is 354 g/mol. The maximum atomic E-state index is 12.4. The lowest BCUT2D eigenvalue weighted by atomic mass is 10.3. The Labute approximate surface area is 142 Å². The van der Waals surface area contributed by atoms with Crippen molar-refractivity contribution in [1.29, 1.82) is 0 Å². The van der Waals surface area contributed by atoms with E-state index in [4.69, 9.17) is 9.84 Å². The van der Waals surface area contributed by atoms with E-state index in [1.807, 2.05) is 0 Å². The molecule has 1 atom stereocenters. The number of carbonyl (C=O) groups is 1. The quantitative estimate of drug-likeness (QED) is 0.516. The molecule has 2 heterocycles. The van der Waals surface area contributed by atoms with Gasteiger partial charge in [-0.3, -0.25) is 18.7 Å². The molecule has 0 aliphatic carbocycles. The summed E-state index contributed by atoms with van der Waals surface area (Å²) >= 11 is 0. The summed E-state index contributed by atoms with van der Waals surface area (Å²) in [5, 5.41) is 20.9. The zero-order valence-electron chi connectivity index (χ0n) is 14.4. The van der Waals surface area contributed by atoms with E-state index < -0.39 is 29.9 Å². The van der Waals surface area contributed by atoms with Crippen LogP contribution in [0.15, 0.2) is 15.7 Å². The standard InChI is InChI=1S/C15H22N4O6/c1-17-13-10(14(23)18(2)15(17)24)6-11(19(13)4-5-25-3)12(22)16-7-9(21)8-20/h6,9,20-21H,4-5,7-8H2,1-3H3,(H,16,22)/t9-/m0/s1. The van der Waals surface area contributed by atoms with Gasteiger partial charge in [0, 0.05) is 34.3 Å². The predicted octanol–water partition coefficient (Wildman–Crippen LogP) is -2.23. The molecular weight excluding hydrogens is 332 g/mol. The Hall–Kier alpha value is -2.43. The van der Waals surface area contributed by atoms with Crippen LogP contribution in [-0.4, -0.2) is 62.8 Å². The number of aryl methyl sites for hydroxylation is 1. The van der Waals surface area contributed by atoms with Gasteiger partial charge in [-0.15, -0.1) is 0 Å². The summed E-state index contributed by atoms with van der Waals surface area (Å²) in [5.41, 5.74) is -0.524. The number of aliphatic hydroxyl groups excluding tert-OH is 2. The van der Waals surface area contributed by atoms with Crippen molar-refractivity contribution in [2.45, 2.75) is 12.6 Å². The predicted molar refractivity (Wildman–Crippen MR) is 89.7 cm³/mol. The number of nitrogens with zero attached hydrogens (tertiary/aromatic N) is 3. The molecule has 0 aliphatic rings. The molecule has 1 amide bonds. The third kappa shape index (κ3) is 3.50. The Morgan fingerprint density at radius 1 is 1.32 bits per heavy atom. The van der Waals surface area contributed by atoms with Gasteiger partial charge in [-0.05, 0) is 6.07 Å². The summed E-state index contributed by atoms with van der Waals surface area (Å²) in [6.45, 7) is -0.0987. The van der Waals surface area contributed by atoms with Crippen LogP contribution in [0.1, 0.15) is 10.5 Å². The third-order valence-electron chi connectivity index (χ3n) is 3.96. The van der Waals surface area contributed by atoms with E-state index in [1.165, 1.54) is 36.4 Å². The van der Waals surface area contributed by atoms with E-state index >= 15 is 0 Å². The zero-order valence-corrected chi connectivity index (χ0v) is 14.4. The summed E-state index contributed by atoms with van der Waals surface area (Å²) < 4.78 is 8.84. The number of hydrogen-bond acceptors (Lipinski definition) is 6. The van der Waals surface area contributed by atoms with Gasteiger partial charge in [0.05, 0.1) is 24.7 Å². The molecule has 10 nitrogen and oxygen atoms in total. The fourth-order valence-corrected chi connectivity index (χ4v) is 2.60. The lowest BCUT2D eigenvalue weighted by Crippen LogP contribution is -2.37. The molecule has 0 bridgehead atoms. The number of rotatable bonds is 7. The van der Waals surface area contributed by atoms with E-state index in [-0.39, 0.29) is 30.8 Å². The van der Waals surface area contributed by atoms with Crippen LogP contribution in [0.4, 0.5) is 0 Å². The smallest absolute Gasteiger partial charge is 0.332 e. The molecule has 0 radical (unpaired) electrons. The maximum Gasteiger partial charge on any atom is 0.332 e. The van der Waals surface area contributed by atoms with Crippen molar-refractivity contribution in [3.63, 3.8) is 0 Å². The van der Waals surface area contributed by atoms with Crippen LogP contribution in [0.25, 0.3) is 11.0 Å². The minimum Gasteiger partial charge on any atom is -0.394 e. The summed E-state index contributed by atoms with van der Waals surface area (Å²) in [6.07, 6.45) is -1.09. The Morgan fingerprint density at radius 2 is 2.00 bits per heavy atom. The van der Waals surface area contributed by atoms with Gasteiger partial charge in [-0.1, -0.05) is 0 Å². The van der Waals surface area contributed by atoms with Crippen LogP contribution in [0, 0.1) is 0 Å². The first-order chi connectivity index (χ1) is 11.8. The molecule has 138 valence electrons. The highest BCUT2D eigenvalue weighted by Crippen LogP contribution is 2.15. The first-order valence-corrected chi connectivity index (χ1v) is 7.68. The number of carbonyl (C=O) groups excluding carboxylic acids is 1. The maximum absolute atomic E-state index is 12.4. The Morgan fingerprint density at radius 3 is 2.60 bits per heavy atom. The lowest BCUT2D eigenvalue weighted by Gasteiger charge is -2.13. The SMILES string of the molecule is COCCn1c(C(=O)NC[C@H](O)CO)cc2c(=O)n(C)c(=O)n(C)c21. The number of fused-ring (bicyclic) bond motifs is 1. The molecule has 2 aromatic rings. The summed E-state index contributed by atoms with van der Waals surface area (Å²) in [6, 6.07) is 1.41. The van der Waals surface area contributed by atoms with Crippen LogP contribution in [-0.2, 0) is 25.4 Å². The largest absolute Gasteiger partial charge is 0.394 e. The molecule has 0 saturated carbocycles. The molecule has 0 fully saturated rings. The van der Waals surface area contributed by atoms with Crippen LogP contribution < -0.4 is 16.6 Å². The van der Waals surface area contributed by atoms with Crippen molar-refractivity contribution in [3.05, 3.63) is 32.6 Å². The molecule has 0 saturated heterocycles. The molecule has 10 heteroatoms. The number of amides is 1. The highest BCUT2D eigenvalue weighted by atomic mass is 16.5.